The van der Waals surface area contributed by atoms with Crippen molar-refractivity contribution in [3.63, 3.8) is 0 Å². The number of nitrogens with two attached hydrogens (primary N) is 1. The van der Waals surface area contributed by atoms with E-state index < -0.39 is 0 Å². The summed E-state index contributed by atoms with van der Waals surface area (Å²) in [6.45, 7) is 7.68. The summed E-state index contributed by atoms with van der Waals surface area (Å²) in [6, 6.07) is 5.41. The molecule has 0 heterocycles. The van der Waals surface area contributed by atoms with E-state index in [1.54, 1.807) is 0 Å². The van der Waals surface area contributed by atoms with Gasteiger partial charge in [0, 0.05) is 12.1 Å². The zero-order valence-corrected chi connectivity index (χ0v) is 11.9. The average molecular weight is 246 g/mol. The molecule has 2 unspecified atom stereocenters. The second-order valence-electron chi connectivity index (χ2n) is 5.70. The number of hydrogen-bond acceptors (Lipinski definition) is 2. The van der Waals surface area contributed by atoms with Crippen molar-refractivity contribution in [2.75, 3.05) is 6.54 Å². The highest BCUT2D eigenvalue weighted by Gasteiger charge is 2.22. The molecule has 2 heteroatoms. The molecule has 0 aromatic heterocycles. The minimum atomic E-state index is 0.367. The summed E-state index contributed by atoms with van der Waals surface area (Å²) < 4.78 is 0. The van der Waals surface area contributed by atoms with Crippen molar-refractivity contribution in [1.82, 2.24) is 5.32 Å². The molecule has 100 valence electrons. The Bertz CT molecular complexity index is 412. The first-order valence-electron chi connectivity index (χ1n) is 7.14. The minimum absolute atomic E-state index is 0.367. The molecule has 1 aliphatic carbocycles. The van der Waals surface area contributed by atoms with Crippen LogP contribution in [0.1, 0.15) is 41.5 Å². The van der Waals surface area contributed by atoms with Crippen molar-refractivity contribution in [3.8, 4) is 0 Å². The van der Waals surface area contributed by atoms with Gasteiger partial charge in [0.25, 0.3) is 0 Å². The third-order valence-electron chi connectivity index (χ3n) is 4.54. The average Bonchev–Trinajstić information content (AvgIpc) is 2.75. The largest absolute Gasteiger partial charge is 0.326 e. The van der Waals surface area contributed by atoms with Gasteiger partial charge in [-0.1, -0.05) is 18.6 Å². The molecule has 2 rings (SSSR count). The summed E-state index contributed by atoms with van der Waals surface area (Å²) in [6.07, 6.45) is 4.81. The lowest BCUT2D eigenvalue weighted by Gasteiger charge is -2.18. The molecule has 1 aliphatic rings. The lowest BCUT2D eigenvalue weighted by atomic mass is 9.97. The van der Waals surface area contributed by atoms with E-state index in [9.17, 15) is 0 Å². The first kappa shape index (κ1) is 13.6. The summed E-state index contributed by atoms with van der Waals surface area (Å²) in [4.78, 5) is 0. The van der Waals surface area contributed by atoms with Gasteiger partial charge >= 0.3 is 0 Å². The van der Waals surface area contributed by atoms with Crippen molar-refractivity contribution in [3.05, 3.63) is 34.4 Å². The third-order valence-corrected chi connectivity index (χ3v) is 4.54. The predicted molar refractivity (Wildman–Crippen MR) is 78.0 cm³/mol. The second kappa shape index (κ2) is 5.85. The van der Waals surface area contributed by atoms with Crippen LogP contribution >= 0.6 is 0 Å². The lowest BCUT2D eigenvalue weighted by Crippen LogP contribution is -2.41. The van der Waals surface area contributed by atoms with Crippen molar-refractivity contribution in [2.45, 2.75) is 58.5 Å². The van der Waals surface area contributed by atoms with Crippen LogP contribution in [-0.4, -0.2) is 18.6 Å². The first-order valence-corrected chi connectivity index (χ1v) is 7.14. The second-order valence-corrected chi connectivity index (χ2v) is 5.70. The molecule has 2 nitrogen and oxygen atoms in total. The number of hydrogen-bond donors (Lipinski definition) is 2. The molecule has 0 spiro atoms. The van der Waals surface area contributed by atoms with E-state index in [-0.39, 0.29) is 0 Å². The normalized spacial score (nSPS) is 23.6. The van der Waals surface area contributed by atoms with Gasteiger partial charge in [-0.3, -0.25) is 0 Å². The molecule has 3 N–H and O–H groups in total. The Morgan fingerprint density at radius 3 is 2.61 bits per heavy atom. The Balaban J connectivity index is 1.89. The number of benzene rings is 1. The molecule has 0 aliphatic heterocycles. The standard InChI is InChI=1S/C16H26N2/c1-11-7-8-14(13(3)12(11)2)9-10-18-16-6-4-5-15(16)17/h7-8,15-16,18H,4-6,9-10,17H2,1-3H3. The van der Waals surface area contributed by atoms with E-state index in [4.69, 9.17) is 5.73 Å². The fourth-order valence-corrected chi connectivity index (χ4v) is 2.92. The summed E-state index contributed by atoms with van der Waals surface area (Å²) in [5, 5.41) is 3.62. The van der Waals surface area contributed by atoms with Crippen molar-refractivity contribution < 1.29 is 0 Å². The predicted octanol–water partition coefficient (Wildman–Crippen LogP) is 2.62. The minimum Gasteiger partial charge on any atom is -0.326 e. The molecule has 18 heavy (non-hydrogen) atoms. The molecule has 1 fully saturated rings. The molecule has 1 aromatic carbocycles. The maximum atomic E-state index is 6.07. The van der Waals surface area contributed by atoms with E-state index >= 15 is 0 Å². The van der Waals surface area contributed by atoms with E-state index in [1.165, 1.54) is 41.5 Å². The smallest absolute Gasteiger partial charge is 0.0219 e. The van der Waals surface area contributed by atoms with Gasteiger partial charge in [0.15, 0.2) is 0 Å². The van der Waals surface area contributed by atoms with Crippen LogP contribution in [0.15, 0.2) is 12.1 Å². The zero-order chi connectivity index (χ0) is 13.1. The van der Waals surface area contributed by atoms with Crippen LogP contribution in [0.25, 0.3) is 0 Å². The van der Waals surface area contributed by atoms with Crippen LogP contribution in [0.5, 0.6) is 0 Å². The van der Waals surface area contributed by atoms with E-state index in [0.29, 0.717) is 12.1 Å². The summed E-state index contributed by atoms with van der Waals surface area (Å²) >= 11 is 0. The number of nitrogens with one attached hydrogen (secondary N) is 1. The Kier molecular flexibility index (Phi) is 4.41. The molecule has 0 bridgehead atoms. The van der Waals surface area contributed by atoms with Gasteiger partial charge in [-0.05, 0) is 68.8 Å². The van der Waals surface area contributed by atoms with E-state index in [2.05, 4.69) is 38.2 Å². The Labute approximate surface area is 111 Å². The van der Waals surface area contributed by atoms with Gasteiger partial charge in [-0.25, -0.2) is 0 Å². The van der Waals surface area contributed by atoms with Crippen LogP contribution in [0.2, 0.25) is 0 Å². The van der Waals surface area contributed by atoms with Crippen LogP contribution in [0.4, 0.5) is 0 Å². The maximum Gasteiger partial charge on any atom is 0.0219 e. The molecule has 1 aromatic rings. The van der Waals surface area contributed by atoms with E-state index in [1.807, 2.05) is 0 Å². The van der Waals surface area contributed by atoms with E-state index in [0.717, 1.165) is 13.0 Å². The van der Waals surface area contributed by atoms with Crippen molar-refractivity contribution in [1.29, 1.82) is 0 Å². The fraction of sp³-hybridized carbons (Fsp3) is 0.625. The molecule has 0 radical (unpaired) electrons. The monoisotopic (exact) mass is 246 g/mol. The summed E-state index contributed by atoms with van der Waals surface area (Å²) in [7, 11) is 0. The van der Waals surface area contributed by atoms with Gasteiger partial charge in [0.1, 0.15) is 0 Å². The topological polar surface area (TPSA) is 38.0 Å². The van der Waals surface area contributed by atoms with Crippen LogP contribution in [-0.2, 0) is 6.42 Å². The Hall–Kier alpha value is -0.860. The van der Waals surface area contributed by atoms with Gasteiger partial charge in [0.2, 0.25) is 0 Å². The van der Waals surface area contributed by atoms with Gasteiger partial charge in [-0.15, -0.1) is 0 Å². The quantitative estimate of drug-likeness (QED) is 0.857. The van der Waals surface area contributed by atoms with Gasteiger partial charge in [-0.2, -0.15) is 0 Å². The fourth-order valence-electron chi connectivity index (χ4n) is 2.92. The molecular formula is C16H26N2. The Morgan fingerprint density at radius 2 is 1.94 bits per heavy atom. The van der Waals surface area contributed by atoms with Crippen LogP contribution < -0.4 is 11.1 Å². The molecule has 2 atom stereocenters. The third kappa shape index (κ3) is 2.93. The highest BCUT2D eigenvalue weighted by molar-refractivity contribution is 5.38. The molecule has 1 saturated carbocycles. The van der Waals surface area contributed by atoms with Gasteiger partial charge in [0.05, 0.1) is 0 Å². The van der Waals surface area contributed by atoms with Crippen LogP contribution in [0, 0.1) is 20.8 Å². The number of aryl methyl sites for hydroxylation is 1. The first-order chi connectivity index (χ1) is 8.59. The maximum absolute atomic E-state index is 6.07. The molecular weight excluding hydrogens is 220 g/mol. The van der Waals surface area contributed by atoms with Crippen LogP contribution in [0.3, 0.4) is 0 Å². The Morgan fingerprint density at radius 1 is 1.17 bits per heavy atom. The van der Waals surface area contributed by atoms with Crippen molar-refractivity contribution in [2.24, 2.45) is 5.73 Å². The molecule has 0 saturated heterocycles. The summed E-state index contributed by atoms with van der Waals surface area (Å²) in [5.41, 5.74) is 11.8. The highest BCUT2D eigenvalue weighted by Crippen LogP contribution is 2.19. The zero-order valence-electron chi connectivity index (χ0n) is 11.9. The lowest BCUT2D eigenvalue weighted by molar-refractivity contribution is 0.479. The number of rotatable bonds is 4. The summed E-state index contributed by atoms with van der Waals surface area (Å²) in [5.74, 6) is 0. The van der Waals surface area contributed by atoms with Gasteiger partial charge < -0.3 is 11.1 Å². The molecule has 0 amide bonds. The SMILES string of the molecule is Cc1ccc(CCNC2CCCC2N)c(C)c1C. The highest BCUT2D eigenvalue weighted by atomic mass is 15.0. The van der Waals surface area contributed by atoms with Crippen molar-refractivity contribution >= 4 is 0 Å².